The summed E-state index contributed by atoms with van der Waals surface area (Å²) in [5.41, 5.74) is 18.8. The van der Waals surface area contributed by atoms with Gasteiger partial charge < -0.3 is 24.8 Å². The summed E-state index contributed by atoms with van der Waals surface area (Å²) >= 11 is 1.46. The third-order valence-corrected chi connectivity index (χ3v) is 11.5. The van der Waals surface area contributed by atoms with Crippen LogP contribution in [0.5, 0.6) is 0 Å². The zero-order chi connectivity index (χ0) is 38.1. The van der Waals surface area contributed by atoms with Gasteiger partial charge in [-0.2, -0.15) is 52.1 Å². The van der Waals surface area contributed by atoms with E-state index in [1.54, 1.807) is 0 Å². The second-order valence-electron chi connectivity index (χ2n) is 18.8. The van der Waals surface area contributed by atoms with E-state index < -0.39 is 0 Å². The van der Waals surface area contributed by atoms with Crippen LogP contribution in [-0.4, -0.2) is 3.21 Å². The van der Waals surface area contributed by atoms with Crippen LogP contribution < -0.4 is 24.8 Å². The number of hydrogen-bond acceptors (Lipinski definition) is 0. The van der Waals surface area contributed by atoms with Crippen LogP contribution in [0.25, 0.3) is 11.1 Å². The van der Waals surface area contributed by atoms with Crippen molar-refractivity contribution >= 4 is 3.21 Å². The topological polar surface area (TPSA) is 0 Å². The van der Waals surface area contributed by atoms with Crippen molar-refractivity contribution in [2.75, 3.05) is 0 Å². The molecule has 1 aliphatic rings. The molecule has 0 aromatic heterocycles. The number of rotatable bonds is 2. The molecule has 0 fully saturated rings. The molecule has 0 spiro atoms. The van der Waals surface area contributed by atoms with E-state index in [9.17, 15) is 0 Å². The van der Waals surface area contributed by atoms with Gasteiger partial charge in [-0.05, 0) is 17.4 Å². The molecule has 0 aliphatic heterocycles. The summed E-state index contributed by atoms with van der Waals surface area (Å²) in [5.74, 6) is 0. The maximum atomic E-state index is 3.53. The van der Waals surface area contributed by atoms with E-state index in [0.29, 0.717) is 0 Å². The number of hydrogen-bond donors (Lipinski definition) is 0. The first-order valence-corrected chi connectivity index (χ1v) is 19.9. The minimum absolute atomic E-state index is 0. The third-order valence-electron chi connectivity index (χ3n) is 10.1. The summed E-state index contributed by atoms with van der Waals surface area (Å²) in [6.07, 6.45) is 1.03. The minimum Gasteiger partial charge on any atom is -1.00 e. The Morgan fingerprint density at radius 2 is 0.962 bits per heavy atom. The summed E-state index contributed by atoms with van der Waals surface area (Å²) in [6, 6.07) is 37.6. The van der Waals surface area contributed by atoms with Gasteiger partial charge in [0, 0.05) is 0 Å². The van der Waals surface area contributed by atoms with Crippen molar-refractivity contribution < 1.29 is 49.0 Å². The maximum absolute atomic E-state index is 3.53. The number of benzene rings is 4. The average Bonchev–Trinajstić information content (AvgIpc) is 3.55. The summed E-state index contributed by atoms with van der Waals surface area (Å²) in [4.78, 5) is 0. The molecule has 3 heteroatoms. The number of fused-ring (bicyclic) bond motifs is 3. The van der Waals surface area contributed by atoms with E-state index in [0.717, 1.165) is 6.42 Å². The van der Waals surface area contributed by atoms with Crippen LogP contribution >= 0.6 is 0 Å². The molecular weight excluding hydrogens is 763 g/mol. The Hall–Kier alpha value is -2.44. The van der Waals surface area contributed by atoms with Crippen molar-refractivity contribution in [2.45, 2.75) is 132 Å². The van der Waals surface area contributed by atoms with Crippen molar-refractivity contribution in [1.29, 1.82) is 0 Å². The van der Waals surface area contributed by atoms with E-state index in [1.165, 1.54) is 99.8 Å². The molecule has 0 saturated carbocycles. The summed E-state index contributed by atoms with van der Waals surface area (Å²) < 4.78 is 1.42. The van der Waals surface area contributed by atoms with E-state index in [2.05, 4.69) is 201 Å². The van der Waals surface area contributed by atoms with E-state index in [1.807, 2.05) is 0 Å². The third kappa shape index (κ3) is 12.3. The van der Waals surface area contributed by atoms with Crippen molar-refractivity contribution in [3.8, 4) is 11.1 Å². The standard InChI is InChI=1S/C21H25.C21H26.C8H11.2ClH.Zr/c1-20(2,3)16-9-7-14-11-15-8-10-17(21(4,5)6)13-19(15)18(14)12-16;1-20(2,3)18-11-7-16(8-12-18)15-17-9-13-19(14-10-17)21(4,5)6;1-6-4-7(2)8(3)5-6;;;/h7,9-10,12-13H,11H2,1-6H3;7-14H,1-6H3;4-5H,1-3H3;2*1H;/q-1;;-1;;;+2/p-2. The van der Waals surface area contributed by atoms with Crippen LogP contribution in [0.2, 0.25) is 0 Å². The molecule has 5 aromatic carbocycles. The van der Waals surface area contributed by atoms with Crippen LogP contribution in [-0.2, 0) is 52.3 Å². The van der Waals surface area contributed by atoms with Gasteiger partial charge in [-0.3, -0.25) is 0 Å². The quantitative estimate of drug-likeness (QED) is 0.160. The molecule has 0 radical (unpaired) electrons. The molecule has 0 heterocycles. The second kappa shape index (κ2) is 18.0. The normalized spacial score (nSPS) is 12.2. The van der Waals surface area contributed by atoms with E-state index in [4.69, 9.17) is 0 Å². The Morgan fingerprint density at radius 1 is 0.547 bits per heavy atom. The first kappa shape index (κ1) is 46.7. The van der Waals surface area contributed by atoms with E-state index in [-0.39, 0.29) is 46.5 Å². The zero-order valence-corrected chi connectivity index (χ0v) is 39.1. The van der Waals surface area contributed by atoms with Gasteiger partial charge in [-0.25, -0.2) is 6.07 Å². The minimum atomic E-state index is 0. The van der Waals surface area contributed by atoms with Crippen molar-refractivity contribution in [2.24, 2.45) is 0 Å². The van der Waals surface area contributed by atoms with Gasteiger partial charge in [0.25, 0.3) is 0 Å². The van der Waals surface area contributed by atoms with Gasteiger partial charge in [0.15, 0.2) is 0 Å². The molecule has 282 valence electrons. The van der Waals surface area contributed by atoms with Crippen LogP contribution in [0.4, 0.5) is 0 Å². The Balaban J connectivity index is 0.000000295. The van der Waals surface area contributed by atoms with Gasteiger partial charge in [0.05, 0.1) is 0 Å². The van der Waals surface area contributed by atoms with Crippen LogP contribution in [0.1, 0.15) is 144 Å². The zero-order valence-electron chi connectivity index (χ0n) is 35.1. The number of halogens is 2. The van der Waals surface area contributed by atoms with Gasteiger partial charge >= 0.3 is 151 Å². The second-order valence-corrected chi connectivity index (χ2v) is 20.0. The van der Waals surface area contributed by atoms with Gasteiger partial charge in [0.2, 0.25) is 0 Å². The Morgan fingerprint density at radius 3 is 1.32 bits per heavy atom. The molecule has 0 bridgehead atoms. The average molecular weight is 825 g/mol. The first-order chi connectivity index (χ1) is 23.4. The first-order valence-electron chi connectivity index (χ1n) is 18.6. The molecule has 5 aromatic rings. The van der Waals surface area contributed by atoms with Crippen LogP contribution in [0.15, 0.2) is 91.0 Å². The molecule has 53 heavy (non-hydrogen) atoms. The molecule has 1 aliphatic carbocycles. The van der Waals surface area contributed by atoms with Crippen molar-refractivity contribution in [3.05, 3.63) is 158 Å². The van der Waals surface area contributed by atoms with Crippen molar-refractivity contribution in [1.82, 2.24) is 0 Å². The molecule has 0 unspecified atom stereocenters. The molecule has 6 rings (SSSR count). The van der Waals surface area contributed by atoms with E-state index >= 15 is 0 Å². The molecule has 0 nitrogen and oxygen atoms in total. The predicted molar refractivity (Wildman–Crippen MR) is 221 cm³/mol. The molecule has 0 saturated heterocycles. The summed E-state index contributed by atoms with van der Waals surface area (Å²) in [7, 11) is 0. The largest absolute Gasteiger partial charge is 1.00 e. The maximum Gasteiger partial charge on any atom is -0.0632 e. The molecule has 0 N–H and O–H groups in total. The number of aryl methyl sites for hydroxylation is 3. The Kier molecular flexibility index (Phi) is 15.9. The predicted octanol–water partition coefficient (Wildman–Crippen LogP) is 7.39. The van der Waals surface area contributed by atoms with Crippen LogP contribution in [0.3, 0.4) is 0 Å². The van der Waals surface area contributed by atoms with Gasteiger partial charge in [-0.1, -0.05) is 97.1 Å². The fraction of sp³-hybridized carbons (Fsp3) is 0.400. The summed E-state index contributed by atoms with van der Waals surface area (Å²) in [5, 5.41) is 0. The summed E-state index contributed by atoms with van der Waals surface area (Å²) in [6.45, 7) is 33.6. The fourth-order valence-electron chi connectivity index (χ4n) is 6.38. The molecular formula is C50H62Cl2Zr-2. The van der Waals surface area contributed by atoms with Gasteiger partial charge in [0.1, 0.15) is 0 Å². The van der Waals surface area contributed by atoms with Crippen LogP contribution in [0, 0.1) is 26.8 Å². The monoisotopic (exact) mass is 822 g/mol. The fourth-order valence-corrected chi connectivity index (χ4v) is 7.20. The SMILES string of the molecule is CC(C)(C)c1c[c-]c2c(c1)-c1cc(C(C)(C)C)ccc1C2.CC(C)(C)c1ccc([C](=[Zr+2])c2ccc(C(C)(C)C)cc2)cc1.Cc1cc(C)c(C)[cH-]1.[Cl-].[Cl-]. The van der Waals surface area contributed by atoms with Gasteiger partial charge in [-0.15, -0.1) is 5.56 Å². The Bertz CT molecular complexity index is 1820. The molecule has 0 atom stereocenters. The smallest absolute Gasteiger partial charge is 0.0632 e. The molecule has 0 amide bonds. The van der Waals surface area contributed by atoms with Crippen molar-refractivity contribution in [3.63, 3.8) is 0 Å². The Labute approximate surface area is 351 Å².